The van der Waals surface area contributed by atoms with Crippen molar-refractivity contribution in [3.05, 3.63) is 35.9 Å². The molecule has 0 heterocycles. The van der Waals surface area contributed by atoms with E-state index >= 15 is 0 Å². The molecule has 0 spiro atoms. The summed E-state index contributed by atoms with van der Waals surface area (Å²) >= 11 is 0. The largest absolute Gasteiger partial charge is 0.375 e. The van der Waals surface area contributed by atoms with E-state index in [-0.39, 0.29) is 5.60 Å². The summed E-state index contributed by atoms with van der Waals surface area (Å²) in [6.45, 7) is 3.21. The van der Waals surface area contributed by atoms with Crippen LogP contribution in [-0.4, -0.2) is 12.2 Å². The molecule has 1 aromatic carbocycles. The summed E-state index contributed by atoms with van der Waals surface area (Å²) in [6, 6.07) is 10.7. The van der Waals surface area contributed by atoms with Gasteiger partial charge in [0.1, 0.15) is 0 Å². The first-order valence-corrected chi connectivity index (χ1v) is 7.46. The van der Waals surface area contributed by atoms with Gasteiger partial charge in [-0.1, -0.05) is 56.0 Å². The van der Waals surface area contributed by atoms with E-state index in [1.165, 1.54) is 44.1 Å². The maximum Gasteiger partial charge on any atom is 0.0654 e. The highest BCUT2D eigenvalue weighted by Crippen LogP contribution is 2.30. The average molecular weight is 246 g/mol. The Kier molecular flexibility index (Phi) is 5.25. The fourth-order valence-corrected chi connectivity index (χ4v) is 2.86. The van der Waals surface area contributed by atoms with Crippen molar-refractivity contribution in [1.29, 1.82) is 0 Å². The zero-order valence-corrected chi connectivity index (χ0v) is 11.7. The molecular weight excluding hydrogens is 220 g/mol. The molecule has 1 fully saturated rings. The quantitative estimate of drug-likeness (QED) is 0.538. The van der Waals surface area contributed by atoms with Gasteiger partial charge in [0, 0.05) is 6.61 Å². The molecule has 0 N–H and O–H groups in total. The van der Waals surface area contributed by atoms with Crippen LogP contribution in [0.25, 0.3) is 0 Å². The van der Waals surface area contributed by atoms with Gasteiger partial charge in [0.05, 0.1) is 5.60 Å². The zero-order chi connectivity index (χ0) is 12.7. The lowest BCUT2D eigenvalue weighted by Gasteiger charge is -2.28. The summed E-state index contributed by atoms with van der Waals surface area (Å²) < 4.78 is 6.17. The highest BCUT2D eigenvalue weighted by atomic mass is 16.5. The van der Waals surface area contributed by atoms with E-state index in [1.54, 1.807) is 0 Å². The Hall–Kier alpha value is -0.820. The van der Waals surface area contributed by atoms with E-state index < -0.39 is 0 Å². The average Bonchev–Trinajstić information content (AvgIpc) is 2.61. The maximum absolute atomic E-state index is 6.17. The number of ether oxygens (including phenoxy) is 1. The van der Waals surface area contributed by atoms with Crippen LogP contribution in [0, 0.1) is 0 Å². The SMILES string of the molecule is CC1(OCCCc2ccccc2)CCCCCC1. The number of aryl methyl sites for hydroxylation is 1. The third-order valence-corrected chi connectivity index (χ3v) is 4.06. The summed E-state index contributed by atoms with van der Waals surface area (Å²) in [4.78, 5) is 0. The first-order chi connectivity index (χ1) is 8.79. The molecule has 0 atom stereocenters. The van der Waals surface area contributed by atoms with E-state index in [0.717, 1.165) is 19.4 Å². The molecule has 0 saturated heterocycles. The first kappa shape index (κ1) is 13.6. The van der Waals surface area contributed by atoms with Crippen molar-refractivity contribution in [2.24, 2.45) is 0 Å². The number of hydrogen-bond acceptors (Lipinski definition) is 1. The fraction of sp³-hybridized carbons (Fsp3) is 0.647. The standard InChI is InChI=1S/C17H26O/c1-17(13-7-2-3-8-14-17)18-15-9-12-16-10-5-4-6-11-16/h4-6,10-11H,2-3,7-9,12-15H2,1H3. The first-order valence-electron chi connectivity index (χ1n) is 7.46. The van der Waals surface area contributed by atoms with Crippen LogP contribution in [0.4, 0.5) is 0 Å². The predicted molar refractivity (Wildman–Crippen MR) is 76.8 cm³/mol. The smallest absolute Gasteiger partial charge is 0.0654 e. The highest BCUT2D eigenvalue weighted by molar-refractivity contribution is 5.14. The van der Waals surface area contributed by atoms with Gasteiger partial charge < -0.3 is 4.74 Å². The van der Waals surface area contributed by atoms with Crippen molar-refractivity contribution in [2.45, 2.75) is 63.9 Å². The van der Waals surface area contributed by atoms with Crippen LogP contribution in [0.2, 0.25) is 0 Å². The predicted octanol–water partition coefficient (Wildman–Crippen LogP) is 4.75. The Bertz CT molecular complexity index is 323. The molecule has 18 heavy (non-hydrogen) atoms. The van der Waals surface area contributed by atoms with Gasteiger partial charge in [0.15, 0.2) is 0 Å². The molecule has 1 aliphatic carbocycles. The second-order valence-corrected chi connectivity index (χ2v) is 5.80. The topological polar surface area (TPSA) is 9.23 Å². The van der Waals surface area contributed by atoms with Gasteiger partial charge in [0.2, 0.25) is 0 Å². The third kappa shape index (κ3) is 4.45. The molecule has 0 aromatic heterocycles. The lowest BCUT2D eigenvalue weighted by atomic mass is 9.97. The minimum atomic E-state index is 0.160. The summed E-state index contributed by atoms with van der Waals surface area (Å²) in [5.41, 5.74) is 1.58. The molecule has 0 unspecified atom stereocenters. The van der Waals surface area contributed by atoms with Gasteiger partial charge in [-0.2, -0.15) is 0 Å². The third-order valence-electron chi connectivity index (χ3n) is 4.06. The molecule has 2 rings (SSSR count). The molecule has 100 valence electrons. The molecule has 1 nitrogen and oxygen atoms in total. The minimum absolute atomic E-state index is 0.160. The van der Waals surface area contributed by atoms with Gasteiger partial charge >= 0.3 is 0 Å². The number of hydrogen-bond donors (Lipinski definition) is 0. The Morgan fingerprint density at radius 3 is 2.33 bits per heavy atom. The summed E-state index contributed by atoms with van der Waals surface area (Å²) in [5, 5.41) is 0. The van der Waals surface area contributed by atoms with Gasteiger partial charge in [-0.15, -0.1) is 0 Å². The molecule has 0 aliphatic heterocycles. The van der Waals surface area contributed by atoms with E-state index in [1.807, 2.05) is 0 Å². The van der Waals surface area contributed by atoms with Gasteiger partial charge in [-0.25, -0.2) is 0 Å². The monoisotopic (exact) mass is 246 g/mol. The molecule has 1 saturated carbocycles. The van der Waals surface area contributed by atoms with Crippen LogP contribution in [0.3, 0.4) is 0 Å². The number of rotatable bonds is 5. The van der Waals surface area contributed by atoms with Crippen LogP contribution in [0.5, 0.6) is 0 Å². The van der Waals surface area contributed by atoms with Crippen LogP contribution < -0.4 is 0 Å². The van der Waals surface area contributed by atoms with E-state index in [2.05, 4.69) is 37.3 Å². The molecule has 1 aromatic rings. The van der Waals surface area contributed by atoms with Crippen molar-refractivity contribution >= 4 is 0 Å². The molecule has 1 aliphatic rings. The lowest BCUT2D eigenvalue weighted by molar-refractivity contribution is -0.0429. The van der Waals surface area contributed by atoms with Crippen molar-refractivity contribution in [2.75, 3.05) is 6.61 Å². The summed E-state index contributed by atoms with van der Waals surface area (Å²) in [5.74, 6) is 0. The van der Waals surface area contributed by atoms with Crippen molar-refractivity contribution in [1.82, 2.24) is 0 Å². The lowest BCUT2D eigenvalue weighted by Crippen LogP contribution is -2.28. The van der Waals surface area contributed by atoms with Gasteiger partial charge in [-0.05, 0) is 38.2 Å². The van der Waals surface area contributed by atoms with E-state index in [9.17, 15) is 0 Å². The van der Waals surface area contributed by atoms with Crippen molar-refractivity contribution < 1.29 is 4.74 Å². The van der Waals surface area contributed by atoms with Crippen molar-refractivity contribution in [3.63, 3.8) is 0 Å². The Labute approximate surface area is 112 Å². The summed E-state index contributed by atoms with van der Waals surface area (Å²) in [6.07, 6.45) is 10.2. The minimum Gasteiger partial charge on any atom is -0.375 e. The highest BCUT2D eigenvalue weighted by Gasteiger charge is 2.25. The van der Waals surface area contributed by atoms with Crippen molar-refractivity contribution in [3.8, 4) is 0 Å². The molecule has 0 radical (unpaired) electrons. The molecule has 1 heteroatoms. The number of benzene rings is 1. The zero-order valence-electron chi connectivity index (χ0n) is 11.7. The van der Waals surface area contributed by atoms with E-state index in [4.69, 9.17) is 4.74 Å². The van der Waals surface area contributed by atoms with Crippen LogP contribution in [0.15, 0.2) is 30.3 Å². The van der Waals surface area contributed by atoms with E-state index in [0.29, 0.717) is 0 Å². The normalized spacial score (nSPS) is 19.4. The molecular formula is C17H26O. The summed E-state index contributed by atoms with van der Waals surface area (Å²) in [7, 11) is 0. The van der Waals surface area contributed by atoms with Gasteiger partial charge in [0.25, 0.3) is 0 Å². The Morgan fingerprint density at radius 1 is 1.00 bits per heavy atom. The second-order valence-electron chi connectivity index (χ2n) is 5.80. The van der Waals surface area contributed by atoms with Crippen LogP contribution in [-0.2, 0) is 11.2 Å². The second kappa shape index (κ2) is 6.94. The molecule has 0 bridgehead atoms. The van der Waals surface area contributed by atoms with Crippen LogP contribution in [0.1, 0.15) is 57.4 Å². The maximum atomic E-state index is 6.17. The fourth-order valence-electron chi connectivity index (χ4n) is 2.86. The molecule has 0 amide bonds. The Balaban J connectivity index is 1.68. The Morgan fingerprint density at radius 2 is 1.67 bits per heavy atom. The van der Waals surface area contributed by atoms with Gasteiger partial charge in [-0.3, -0.25) is 0 Å². The van der Waals surface area contributed by atoms with Crippen LogP contribution >= 0.6 is 0 Å².